The summed E-state index contributed by atoms with van der Waals surface area (Å²) >= 11 is 0. The summed E-state index contributed by atoms with van der Waals surface area (Å²) in [4.78, 5) is 24.2. The molecule has 2 aromatic carbocycles. The number of hydrogen-bond acceptors (Lipinski definition) is 8. The van der Waals surface area contributed by atoms with Crippen molar-refractivity contribution in [3.8, 4) is 40.1 Å². The molecule has 0 radical (unpaired) electrons. The predicted molar refractivity (Wildman–Crippen MR) is 110 cm³/mol. The van der Waals surface area contributed by atoms with Crippen LogP contribution in [0.5, 0.6) is 28.7 Å². The summed E-state index contributed by atoms with van der Waals surface area (Å²) in [5.74, 6) is -2.53. The first-order valence-corrected chi connectivity index (χ1v) is 8.53. The second kappa shape index (κ2) is 9.20. The van der Waals surface area contributed by atoms with Crippen molar-refractivity contribution in [2.24, 2.45) is 0 Å². The second-order valence-electron chi connectivity index (χ2n) is 6.62. The molecular formula is C21H22O10. The third-order valence-corrected chi connectivity index (χ3v) is 4.58. The summed E-state index contributed by atoms with van der Waals surface area (Å²) in [6, 6.07) is 6.20. The summed E-state index contributed by atoms with van der Waals surface area (Å²) in [7, 11) is 0. The normalized spacial score (nSPS) is 10.1. The van der Waals surface area contributed by atoms with Crippen LogP contribution in [0, 0.1) is 6.92 Å². The molecule has 0 aliphatic carbocycles. The van der Waals surface area contributed by atoms with E-state index in [2.05, 4.69) is 0 Å². The van der Waals surface area contributed by atoms with E-state index < -0.39 is 28.7 Å². The van der Waals surface area contributed by atoms with Gasteiger partial charge < -0.3 is 40.9 Å². The van der Waals surface area contributed by atoms with Crippen molar-refractivity contribution in [2.75, 3.05) is 0 Å². The van der Waals surface area contributed by atoms with E-state index in [1.165, 1.54) is 32.0 Å². The van der Waals surface area contributed by atoms with Crippen molar-refractivity contribution >= 4 is 5.78 Å². The first-order valence-electron chi connectivity index (χ1n) is 8.53. The van der Waals surface area contributed by atoms with E-state index in [-0.39, 0.29) is 56.9 Å². The van der Waals surface area contributed by atoms with Crippen molar-refractivity contribution in [1.82, 2.24) is 0 Å². The van der Waals surface area contributed by atoms with Gasteiger partial charge in [0, 0.05) is 23.6 Å². The lowest BCUT2D eigenvalue weighted by Gasteiger charge is -2.13. The average molecular weight is 434 g/mol. The molecule has 10 heteroatoms. The Kier molecular flexibility index (Phi) is 7.42. The molecule has 1 aromatic heterocycles. The lowest BCUT2D eigenvalue weighted by molar-refractivity contribution is 0.101. The number of aromatic hydroxyl groups is 5. The number of carbonyl (C=O) groups excluding carboxylic acids is 1. The number of hydrogen-bond donors (Lipinski definition) is 5. The van der Waals surface area contributed by atoms with Crippen molar-refractivity contribution < 1.29 is 45.7 Å². The van der Waals surface area contributed by atoms with Gasteiger partial charge in [-0.05, 0) is 43.7 Å². The van der Waals surface area contributed by atoms with Crippen molar-refractivity contribution in [3.05, 3.63) is 63.0 Å². The first kappa shape index (κ1) is 25.0. The quantitative estimate of drug-likeness (QED) is 0.297. The minimum Gasteiger partial charge on any atom is -0.507 e. The zero-order chi connectivity index (χ0) is 21.5. The molecule has 0 amide bonds. The Morgan fingerprint density at radius 2 is 1.52 bits per heavy atom. The molecule has 0 spiro atoms. The maximum absolute atomic E-state index is 12.4. The molecule has 0 saturated heterocycles. The highest BCUT2D eigenvalue weighted by Crippen LogP contribution is 2.37. The molecule has 31 heavy (non-hydrogen) atoms. The zero-order valence-corrected chi connectivity index (χ0v) is 16.6. The summed E-state index contributed by atoms with van der Waals surface area (Å²) in [5.41, 5.74) is -0.717. The van der Waals surface area contributed by atoms with Gasteiger partial charge >= 0.3 is 5.63 Å². The van der Waals surface area contributed by atoms with Crippen LogP contribution in [0.2, 0.25) is 0 Å². The van der Waals surface area contributed by atoms with E-state index >= 15 is 0 Å². The highest BCUT2D eigenvalue weighted by atomic mass is 16.4. The highest BCUT2D eigenvalue weighted by molar-refractivity contribution is 5.97. The number of carbonyl (C=O) groups is 1. The molecule has 3 aromatic rings. The van der Waals surface area contributed by atoms with Crippen molar-refractivity contribution in [2.45, 2.75) is 20.3 Å². The Hall–Kier alpha value is -4.02. The Balaban J connectivity index is 0.00000240. The van der Waals surface area contributed by atoms with Gasteiger partial charge in [-0.15, -0.1) is 0 Å². The number of phenolic OH excluding ortho intramolecular Hbond substituents is 4. The van der Waals surface area contributed by atoms with Crippen LogP contribution >= 0.6 is 0 Å². The molecule has 3 rings (SSSR count). The van der Waals surface area contributed by atoms with E-state index in [4.69, 9.17) is 4.42 Å². The Labute approximate surface area is 175 Å². The minimum absolute atomic E-state index is 0. The van der Waals surface area contributed by atoms with Crippen LogP contribution in [0.1, 0.15) is 34.0 Å². The van der Waals surface area contributed by atoms with E-state index in [0.29, 0.717) is 5.56 Å². The SMILES string of the molecule is CC(=O)c1cc(C)c(O)c(Cc2c(O)cc(-c3ccc(O)c(O)c3)oc2=O)c1O.O.O. The lowest BCUT2D eigenvalue weighted by atomic mass is 9.96. The average Bonchev–Trinajstić information content (AvgIpc) is 2.65. The number of phenols is 4. The first-order chi connectivity index (χ1) is 13.6. The number of rotatable bonds is 4. The fourth-order valence-corrected chi connectivity index (χ4v) is 2.97. The molecule has 0 aliphatic heterocycles. The minimum atomic E-state index is -0.933. The predicted octanol–water partition coefficient (Wildman–Crippen LogP) is 1.29. The fourth-order valence-electron chi connectivity index (χ4n) is 2.97. The number of Topliss-reactive ketones (excluding diaryl/α,β-unsaturated/α-hetero) is 1. The molecule has 1 heterocycles. The smallest absolute Gasteiger partial charge is 0.343 e. The second-order valence-corrected chi connectivity index (χ2v) is 6.62. The Morgan fingerprint density at radius 1 is 0.871 bits per heavy atom. The van der Waals surface area contributed by atoms with Crippen LogP contribution in [-0.2, 0) is 6.42 Å². The summed E-state index contributed by atoms with van der Waals surface area (Å²) < 4.78 is 5.19. The van der Waals surface area contributed by atoms with E-state index in [9.17, 15) is 35.1 Å². The van der Waals surface area contributed by atoms with Crippen LogP contribution in [0.3, 0.4) is 0 Å². The van der Waals surface area contributed by atoms with Gasteiger partial charge in [0.1, 0.15) is 23.0 Å². The summed E-state index contributed by atoms with van der Waals surface area (Å²) in [6.07, 6.45) is -0.380. The van der Waals surface area contributed by atoms with Crippen LogP contribution in [0.25, 0.3) is 11.3 Å². The Morgan fingerprint density at radius 3 is 2.06 bits per heavy atom. The number of aryl methyl sites for hydroxylation is 1. The largest absolute Gasteiger partial charge is 0.507 e. The molecular weight excluding hydrogens is 412 g/mol. The van der Waals surface area contributed by atoms with Crippen LogP contribution < -0.4 is 5.63 Å². The van der Waals surface area contributed by atoms with E-state index in [1.807, 2.05) is 0 Å². The number of benzene rings is 2. The molecule has 0 atom stereocenters. The topological polar surface area (TPSA) is 211 Å². The fraction of sp³-hybridized carbons (Fsp3) is 0.143. The zero-order valence-electron chi connectivity index (χ0n) is 16.6. The molecule has 0 fully saturated rings. The lowest BCUT2D eigenvalue weighted by Crippen LogP contribution is -2.10. The monoisotopic (exact) mass is 434 g/mol. The van der Waals surface area contributed by atoms with Crippen LogP contribution in [-0.4, -0.2) is 42.3 Å². The molecule has 0 unspecified atom stereocenters. The van der Waals surface area contributed by atoms with Gasteiger partial charge in [0.15, 0.2) is 17.3 Å². The van der Waals surface area contributed by atoms with E-state index in [0.717, 1.165) is 12.1 Å². The van der Waals surface area contributed by atoms with Gasteiger partial charge in [-0.25, -0.2) is 4.79 Å². The van der Waals surface area contributed by atoms with Gasteiger partial charge in [-0.3, -0.25) is 4.79 Å². The summed E-state index contributed by atoms with van der Waals surface area (Å²) in [5, 5.41) is 49.9. The van der Waals surface area contributed by atoms with Crippen LogP contribution in [0.4, 0.5) is 0 Å². The van der Waals surface area contributed by atoms with Gasteiger partial charge in [0.2, 0.25) is 0 Å². The summed E-state index contributed by atoms with van der Waals surface area (Å²) in [6.45, 7) is 2.79. The maximum Gasteiger partial charge on any atom is 0.343 e. The standard InChI is InChI=1S/C21H18O8.2H2O/c1-9-5-12(10(2)22)20(27)14(19(9)26)7-13-16(24)8-18(29-21(13)28)11-3-4-15(23)17(25)6-11;;/h3-6,8,23-27H,7H2,1-2H3;2*1H2. The van der Waals surface area contributed by atoms with Gasteiger partial charge in [-0.1, -0.05) is 0 Å². The van der Waals surface area contributed by atoms with Crippen molar-refractivity contribution in [1.29, 1.82) is 0 Å². The Bertz CT molecular complexity index is 1190. The maximum atomic E-state index is 12.4. The highest BCUT2D eigenvalue weighted by Gasteiger charge is 2.22. The third-order valence-electron chi connectivity index (χ3n) is 4.58. The number of ketones is 1. The molecule has 0 saturated carbocycles. The molecule has 0 aliphatic rings. The van der Waals surface area contributed by atoms with Gasteiger partial charge in [0.25, 0.3) is 0 Å². The van der Waals surface area contributed by atoms with Gasteiger partial charge in [-0.2, -0.15) is 0 Å². The third kappa shape index (κ3) is 4.60. The molecule has 166 valence electrons. The molecule has 0 bridgehead atoms. The van der Waals surface area contributed by atoms with Crippen molar-refractivity contribution in [3.63, 3.8) is 0 Å². The van der Waals surface area contributed by atoms with E-state index in [1.54, 1.807) is 0 Å². The molecule has 10 nitrogen and oxygen atoms in total. The van der Waals surface area contributed by atoms with Crippen LogP contribution in [0.15, 0.2) is 39.5 Å². The van der Waals surface area contributed by atoms with Gasteiger partial charge in [0.05, 0.1) is 11.1 Å². The molecule has 9 N–H and O–H groups in total.